The van der Waals surface area contributed by atoms with Crippen molar-refractivity contribution in [3.8, 4) is 0 Å². The lowest BCUT2D eigenvalue weighted by molar-refractivity contribution is -0.146. The molecule has 1 aromatic heterocycles. The van der Waals surface area contributed by atoms with Crippen molar-refractivity contribution < 1.29 is 14.7 Å². The molecule has 1 aromatic rings. The highest BCUT2D eigenvalue weighted by atomic mass is 32.1. The summed E-state index contributed by atoms with van der Waals surface area (Å²) < 4.78 is 0. The summed E-state index contributed by atoms with van der Waals surface area (Å²) in [7, 11) is 0. The number of hydrogen-bond donors (Lipinski definition) is 2. The SMILES string of the molecule is O=C(O)c1ccc(CNC(=O)C23CC4CC(CC(C4)C2)C3)s1. The Balaban J connectivity index is 1.42. The summed E-state index contributed by atoms with van der Waals surface area (Å²) in [6.45, 7) is 0.457. The first kappa shape index (κ1) is 14.2. The Kier molecular flexibility index (Phi) is 3.29. The van der Waals surface area contributed by atoms with E-state index >= 15 is 0 Å². The molecule has 0 aromatic carbocycles. The highest BCUT2D eigenvalue weighted by Gasteiger charge is 2.54. The number of carboxylic acid groups (broad SMARTS) is 1. The molecule has 0 radical (unpaired) electrons. The first-order valence-corrected chi connectivity index (χ1v) is 8.96. The third-order valence-electron chi connectivity index (χ3n) is 5.82. The first-order valence-electron chi connectivity index (χ1n) is 8.14. The Morgan fingerprint density at radius 1 is 1.14 bits per heavy atom. The molecule has 22 heavy (non-hydrogen) atoms. The molecule has 2 N–H and O–H groups in total. The van der Waals surface area contributed by atoms with Crippen molar-refractivity contribution in [3.05, 3.63) is 21.9 Å². The van der Waals surface area contributed by atoms with E-state index in [-0.39, 0.29) is 11.3 Å². The maximum atomic E-state index is 12.8. The van der Waals surface area contributed by atoms with Gasteiger partial charge in [-0.3, -0.25) is 4.79 Å². The highest BCUT2D eigenvalue weighted by molar-refractivity contribution is 7.13. The molecule has 5 rings (SSSR count). The summed E-state index contributed by atoms with van der Waals surface area (Å²) in [5.41, 5.74) is -0.123. The van der Waals surface area contributed by atoms with Crippen molar-refractivity contribution >= 4 is 23.2 Å². The van der Waals surface area contributed by atoms with Crippen LogP contribution in [0.25, 0.3) is 0 Å². The summed E-state index contributed by atoms with van der Waals surface area (Å²) in [4.78, 5) is 24.9. The van der Waals surface area contributed by atoms with Crippen LogP contribution >= 0.6 is 11.3 Å². The molecule has 118 valence electrons. The van der Waals surface area contributed by atoms with E-state index in [0.29, 0.717) is 11.4 Å². The van der Waals surface area contributed by atoms with Crippen LogP contribution in [0, 0.1) is 23.2 Å². The minimum absolute atomic E-state index is 0.123. The van der Waals surface area contributed by atoms with Gasteiger partial charge >= 0.3 is 5.97 Å². The van der Waals surface area contributed by atoms with Gasteiger partial charge in [0.2, 0.25) is 5.91 Å². The molecule has 4 aliphatic carbocycles. The van der Waals surface area contributed by atoms with Crippen molar-refractivity contribution in [2.24, 2.45) is 23.2 Å². The van der Waals surface area contributed by atoms with Gasteiger partial charge in [0.1, 0.15) is 4.88 Å². The number of carboxylic acids is 1. The molecule has 0 aliphatic heterocycles. The van der Waals surface area contributed by atoms with Crippen LogP contribution in [0.3, 0.4) is 0 Å². The Labute approximate surface area is 133 Å². The molecule has 4 nitrogen and oxygen atoms in total. The predicted octanol–water partition coefficient (Wildman–Crippen LogP) is 3.28. The van der Waals surface area contributed by atoms with Gasteiger partial charge < -0.3 is 10.4 Å². The molecule has 4 aliphatic rings. The van der Waals surface area contributed by atoms with Gasteiger partial charge in [0.05, 0.1) is 6.54 Å². The second-order valence-corrected chi connectivity index (χ2v) is 8.62. The van der Waals surface area contributed by atoms with Crippen molar-refractivity contribution in [2.75, 3.05) is 0 Å². The van der Waals surface area contributed by atoms with Crippen molar-refractivity contribution in [2.45, 2.75) is 45.1 Å². The maximum absolute atomic E-state index is 12.8. The zero-order valence-corrected chi connectivity index (χ0v) is 13.3. The van der Waals surface area contributed by atoms with E-state index < -0.39 is 5.97 Å². The number of thiophene rings is 1. The standard InChI is InChI=1S/C17H21NO3S/c19-15(20)14-2-1-13(22-14)9-18-16(21)17-6-10-3-11(7-17)5-12(4-10)8-17/h1-2,10-12H,3-9H2,(H,18,21)(H,19,20). The van der Waals surface area contributed by atoms with Gasteiger partial charge in [-0.2, -0.15) is 0 Å². The van der Waals surface area contributed by atoms with Gasteiger partial charge in [-0.15, -0.1) is 11.3 Å². The maximum Gasteiger partial charge on any atom is 0.345 e. The Morgan fingerprint density at radius 3 is 2.23 bits per heavy atom. The Morgan fingerprint density at radius 2 is 1.73 bits per heavy atom. The lowest BCUT2D eigenvalue weighted by Crippen LogP contribution is -2.53. The van der Waals surface area contributed by atoms with E-state index in [9.17, 15) is 9.59 Å². The van der Waals surface area contributed by atoms with Crippen LogP contribution in [0.15, 0.2) is 12.1 Å². The molecule has 4 fully saturated rings. The molecule has 0 saturated heterocycles. The summed E-state index contributed by atoms with van der Waals surface area (Å²) in [6, 6.07) is 3.41. The molecule has 4 saturated carbocycles. The molecule has 0 atom stereocenters. The molecule has 4 bridgehead atoms. The van der Waals surface area contributed by atoms with Crippen molar-refractivity contribution in [1.29, 1.82) is 0 Å². The molecule has 0 unspecified atom stereocenters. The van der Waals surface area contributed by atoms with Gasteiger partial charge in [-0.1, -0.05) is 0 Å². The summed E-state index contributed by atoms with van der Waals surface area (Å²) in [5, 5.41) is 12.0. The number of amides is 1. The molecule has 1 amide bonds. The second kappa shape index (κ2) is 5.08. The van der Waals surface area contributed by atoms with E-state index in [4.69, 9.17) is 5.11 Å². The minimum Gasteiger partial charge on any atom is -0.477 e. The minimum atomic E-state index is -0.899. The smallest absolute Gasteiger partial charge is 0.345 e. The predicted molar refractivity (Wildman–Crippen MR) is 83.7 cm³/mol. The highest BCUT2D eigenvalue weighted by Crippen LogP contribution is 2.60. The molecule has 1 heterocycles. The number of aromatic carboxylic acids is 1. The van der Waals surface area contributed by atoms with E-state index in [0.717, 1.165) is 41.9 Å². The number of carbonyl (C=O) groups is 2. The summed E-state index contributed by atoms with van der Waals surface area (Å²) >= 11 is 1.25. The lowest BCUT2D eigenvalue weighted by Gasteiger charge is -2.55. The molecular formula is C17H21NO3S. The lowest BCUT2D eigenvalue weighted by atomic mass is 9.49. The topological polar surface area (TPSA) is 66.4 Å². The Hall–Kier alpha value is -1.36. The van der Waals surface area contributed by atoms with Crippen LogP contribution in [0.2, 0.25) is 0 Å². The first-order chi connectivity index (χ1) is 10.5. The molecule has 0 spiro atoms. The van der Waals surface area contributed by atoms with Crippen molar-refractivity contribution in [3.63, 3.8) is 0 Å². The third kappa shape index (κ3) is 2.35. The van der Waals surface area contributed by atoms with Gasteiger partial charge in [0, 0.05) is 10.3 Å². The fourth-order valence-electron chi connectivity index (χ4n) is 5.33. The fraction of sp³-hybridized carbons (Fsp3) is 0.647. The monoisotopic (exact) mass is 319 g/mol. The molecular weight excluding hydrogens is 298 g/mol. The van der Waals surface area contributed by atoms with Gasteiger partial charge in [-0.25, -0.2) is 4.79 Å². The Bertz CT molecular complexity index is 586. The van der Waals surface area contributed by atoms with Gasteiger partial charge in [-0.05, 0) is 68.4 Å². The van der Waals surface area contributed by atoms with E-state index in [1.54, 1.807) is 12.1 Å². The summed E-state index contributed by atoms with van der Waals surface area (Å²) in [5.74, 6) is 1.59. The number of carbonyl (C=O) groups excluding carboxylic acids is 1. The second-order valence-electron chi connectivity index (χ2n) is 7.45. The van der Waals surface area contributed by atoms with Gasteiger partial charge in [0.25, 0.3) is 0 Å². The van der Waals surface area contributed by atoms with Crippen LogP contribution in [0.5, 0.6) is 0 Å². The zero-order chi connectivity index (χ0) is 15.3. The number of nitrogens with one attached hydrogen (secondary N) is 1. The van der Waals surface area contributed by atoms with Gasteiger partial charge in [0.15, 0.2) is 0 Å². The number of hydrogen-bond acceptors (Lipinski definition) is 3. The normalized spacial score (nSPS) is 35.5. The average Bonchev–Trinajstić information content (AvgIpc) is 2.92. The van der Waals surface area contributed by atoms with E-state index in [2.05, 4.69) is 5.32 Å². The quantitative estimate of drug-likeness (QED) is 0.895. The van der Waals surface area contributed by atoms with Crippen LogP contribution < -0.4 is 5.32 Å². The van der Waals surface area contributed by atoms with Crippen molar-refractivity contribution in [1.82, 2.24) is 5.32 Å². The average molecular weight is 319 g/mol. The number of rotatable bonds is 4. The third-order valence-corrected chi connectivity index (χ3v) is 6.89. The summed E-state index contributed by atoms with van der Waals surface area (Å²) in [6.07, 6.45) is 7.19. The van der Waals surface area contributed by atoms with E-state index in [1.807, 2.05) is 0 Å². The van der Waals surface area contributed by atoms with Crippen LogP contribution in [-0.4, -0.2) is 17.0 Å². The molecule has 5 heteroatoms. The van der Waals surface area contributed by atoms with Crippen LogP contribution in [0.1, 0.15) is 53.1 Å². The van der Waals surface area contributed by atoms with E-state index in [1.165, 1.54) is 30.6 Å². The fourth-order valence-corrected chi connectivity index (χ4v) is 6.12. The van der Waals surface area contributed by atoms with Crippen LogP contribution in [0.4, 0.5) is 0 Å². The largest absolute Gasteiger partial charge is 0.477 e. The zero-order valence-electron chi connectivity index (χ0n) is 12.5. The van der Waals surface area contributed by atoms with Crippen LogP contribution in [-0.2, 0) is 11.3 Å².